The fourth-order valence-electron chi connectivity index (χ4n) is 1.95. The molecule has 0 bridgehead atoms. The Balaban J connectivity index is 2.16. The molecule has 0 aliphatic heterocycles. The lowest BCUT2D eigenvalue weighted by atomic mass is 10.1. The lowest BCUT2D eigenvalue weighted by Crippen LogP contribution is -1.97. The first-order chi connectivity index (χ1) is 8.61. The molecule has 0 spiro atoms. The van der Waals surface area contributed by atoms with Crippen LogP contribution in [0.2, 0.25) is 5.02 Å². The van der Waals surface area contributed by atoms with Crippen molar-refractivity contribution in [3.8, 4) is 6.07 Å². The summed E-state index contributed by atoms with van der Waals surface area (Å²) in [6, 6.07) is 9.98. The predicted molar refractivity (Wildman–Crippen MR) is 71.5 cm³/mol. The average molecular weight is 260 g/mol. The molecule has 2 aromatic rings. The number of hydrogen-bond donors (Lipinski definition) is 0. The van der Waals surface area contributed by atoms with Crippen molar-refractivity contribution in [2.45, 2.75) is 19.8 Å². The molecule has 0 unspecified atom stereocenters. The second-order valence-corrected chi connectivity index (χ2v) is 4.69. The Kier molecular flexibility index (Phi) is 3.69. The second kappa shape index (κ2) is 5.24. The van der Waals surface area contributed by atoms with E-state index in [1.807, 2.05) is 42.8 Å². The van der Waals surface area contributed by atoms with Crippen LogP contribution in [0.4, 0.5) is 0 Å². The molecule has 0 aliphatic rings. The number of aromatic nitrogens is 2. The summed E-state index contributed by atoms with van der Waals surface area (Å²) < 4.78 is 1.83. The van der Waals surface area contributed by atoms with Gasteiger partial charge in [0.25, 0.3) is 0 Å². The average Bonchev–Trinajstić information content (AvgIpc) is 2.62. The van der Waals surface area contributed by atoms with Gasteiger partial charge in [-0.25, -0.2) is 4.98 Å². The highest BCUT2D eigenvalue weighted by Gasteiger charge is 2.11. The zero-order valence-corrected chi connectivity index (χ0v) is 11.2. The van der Waals surface area contributed by atoms with Gasteiger partial charge in [-0.1, -0.05) is 23.7 Å². The third kappa shape index (κ3) is 2.55. The van der Waals surface area contributed by atoms with Gasteiger partial charge in [0.2, 0.25) is 0 Å². The molecule has 3 nitrogen and oxygen atoms in total. The number of rotatable bonds is 3. The van der Waals surface area contributed by atoms with E-state index in [9.17, 15) is 0 Å². The molecule has 18 heavy (non-hydrogen) atoms. The van der Waals surface area contributed by atoms with Crippen LogP contribution in [0.25, 0.3) is 0 Å². The molecule has 0 atom stereocenters. The lowest BCUT2D eigenvalue weighted by Gasteiger charge is -2.01. The van der Waals surface area contributed by atoms with E-state index < -0.39 is 0 Å². The number of benzene rings is 1. The van der Waals surface area contributed by atoms with Gasteiger partial charge in [-0.2, -0.15) is 5.26 Å². The number of hydrogen-bond acceptors (Lipinski definition) is 2. The molecule has 2 rings (SSSR count). The largest absolute Gasteiger partial charge is 0.323 e. The Morgan fingerprint density at radius 2 is 2.17 bits per heavy atom. The minimum Gasteiger partial charge on any atom is -0.323 e. The van der Waals surface area contributed by atoms with Gasteiger partial charge >= 0.3 is 0 Å². The van der Waals surface area contributed by atoms with Crippen molar-refractivity contribution in [2.75, 3.05) is 0 Å². The zero-order chi connectivity index (χ0) is 13.1. The summed E-state index contributed by atoms with van der Waals surface area (Å²) in [6.07, 6.45) is 1.59. The van der Waals surface area contributed by atoms with Gasteiger partial charge in [-0.3, -0.25) is 0 Å². The molecular weight excluding hydrogens is 246 g/mol. The van der Waals surface area contributed by atoms with E-state index in [0.717, 1.165) is 34.9 Å². The van der Waals surface area contributed by atoms with E-state index in [2.05, 4.69) is 11.1 Å². The van der Waals surface area contributed by atoms with E-state index in [4.69, 9.17) is 16.9 Å². The molecule has 1 heterocycles. The first-order valence-electron chi connectivity index (χ1n) is 5.78. The van der Waals surface area contributed by atoms with E-state index >= 15 is 0 Å². The van der Waals surface area contributed by atoms with E-state index in [-0.39, 0.29) is 0 Å². The van der Waals surface area contributed by atoms with E-state index in [1.165, 1.54) is 0 Å². The second-order valence-electron chi connectivity index (χ2n) is 4.26. The Labute approximate surface area is 112 Å². The molecule has 0 amide bonds. The summed E-state index contributed by atoms with van der Waals surface area (Å²) in [6.45, 7) is 1.91. The van der Waals surface area contributed by atoms with Crippen LogP contribution in [0.1, 0.15) is 22.8 Å². The Morgan fingerprint density at radius 3 is 2.83 bits per heavy atom. The minimum atomic E-state index is 0.648. The maximum Gasteiger partial charge on any atom is 0.143 e. The summed E-state index contributed by atoms with van der Waals surface area (Å²) in [7, 11) is 1.86. The molecule has 92 valence electrons. The quantitative estimate of drug-likeness (QED) is 0.850. The van der Waals surface area contributed by atoms with Crippen molar-refractivity contribution < 1.29 is 0 Å². The van der Waals surface area contributed by atoms with Crippen molar-refractivity contribution in [1.82, 2.24) is 9.55 Å². The van der Waals surface area contributed by atoms with E-state index in [1.54, 1.807) is 0 Å². The van der Waals surface area contributed by atoms with Gasteiger partial charge in [-0.15, -0.1) is 0 Å². The molecular formula is C14H14ClN3. The van der Waals surface area contributed by atoms with Crippen LogP contribution in [0.15, 0.2) is 24.3 Å². The highest BCUT2D eigenvalue weighted by molar-refractivity contribution is 6.30. The van der Waals surface area contributed by atoms with Crippen LogP contribution in [-0.4, -0.2) is 9.55 Å². The van der Waals surface area contributed by atoms with Crippen molar-refractivity contribution in [2.24, 2.45) is 7.05 Å². The summed E-state index contributed by atoms with van der Waals surface area (Å²) in [4.78, 5) is 4.43. The van der Waals surface area contributed by atoms with Gasteiger partial charge < -0.3 is 4.57 Å². The first-order valence-corrected chi connectivity index (χ1v) is 6.16. The van der Waals surface area contributed by atoms with E-state index in [0.29, 0.717) is 5.69 Å². The Morgan fingerprint density at radius 1 is 1.39 bits per heavy atom. The van der Waals surface area contributed by atoms with Crippen molar-refractivity contribution in [1.29, 1.82) is 5.26 Å². The number of aryl methyl sites for hydroxylation is 3. The topological polar surface area (TPSA) is 41.6 Å². The number of nitriles is 1. The molecule has 0 radical (unpaired) electrons. The zero-order valence-electron chi connectivity index (χ0n) is 10.4. The molecule has 0 aliphatic carbocycles. The summed E-state index contributed by atoms with van der Waals surface area (Å²) in [5.41, 5.74) is 2.67. The normalized spacial score (nSPS) is 10.3. The number of imidazole rings is 1. The van der Waals surface area contributed by atoms with Gasteiger partial charge in [0.1, 0.15) is 17.6 Å². The fraction of sp³-hybridized carbons (Fsp3) is 0.286. The molecule has 1 aromatic carbocycles. The maximum absolute atomic E-state index is 9.12. The molecule has 0 saturated carbocycles. The molecule has 0 fully saturated rings. The minimum absolute atomic E-state index is 0.648. The first kappa shape index (κ1) is 12.7. The standard InChI is InChI=1S/C14H14ClN3/c1-10-17-13(14(9-16)18(10)2)7-6-11-4-3-5-12(15)8-11/h3-5,8H,6-7H2,1-2H3. The monoisotopic (exact) mass is 259 g/mol. The predicted octanol–water partition coefficient (Wildman–Crippen LogP) is 3.04. The molecule has 1 aromatic heterocycles. The third-order valence-corrected chi connectivity index (χ3v) is 3.27. The highest BCUT2D eigenvalue weighted by Crippen LogP contribution is 2.15. The third-order valence-electron chi connectivity index (χ3n) is 3.04. The van der Waals surface area contributed by atoms with Gasteiger partial charge in [0, 0.05) is 12.1 Å². The summed E-state index contributed by atoms with van der Waals surface area (Å²) in [5.74, 6) is 0.868. The van der Waals surface area contributed by atoms with Gasteiger partial charge in [-0.05, 0) is 37.5 Å². The Bertz CT molecular complexity index is 608. The SMILES string of the molecule is Cc1nc(CCc2cccc(Cl)c2)c(C#N)n1C. The molecule has 0 N–H and O–H groups in total. The van der Waals surface area contributed by atoms with Crippen LogP contribution in [0.5, 0.6) is 0 Å². The van der Waals surface area contributed by atoms with Crippen LogP contribution < -0.4 is 0 Å². The van der Waals surface area contributed by atoms with Crippen molar-refractivity contribution in [3.05, 3.63) is 52.1 Å². The summed E-state index contributed by atoms with van der Waals surface area (Å²) >= 11 is 5.94. The van der Waals surface area contributed by atoms with Gasteiger partial charge in [0.15, 0.2) is 0 Å². The summed E-state index contributed by atoms with van der Waals surface area (Å²) in [5, 5.41) is 9.86. The number of nitrogens with zero attached hydrogens (tertiary/aromatic N) is 3. The Hall–Kier alpha value is -1.79. The lowest BCUT2D eigenvalue weighted by molar-refractivity contribution is 0.844. The van der Waals surface area contributed by atoms with Crippen molar-refractivity contribution in [3.63, 3.8) is 0 Å². The van der Waals surface area contributed by atoms with Gasteiger partial charge in [0.05, 0.1) is 5.69 Å². The van der Waals surface area contributed by atoms with Crippen molar-refractivity contribution >= 4 is 11.6 Å². The van der Waals surface area contributed by atoms with Crippen LogP contribution in [0, 0.1) is 18.3 Å². The van der Waals surface area contributed by atoms with Crippen LogP contribution in [0.3, 0.4) is 0 Å². The molecule has 4 heteroatoms. The van der Waals surface area contributed by atoms with Crippen LogP contribution >= 0.6 is 11.6 Å². The fourth-order valence-corrected chi connectivity index (χ4v) is 2.16. The molecule has 0 saturated heterocycles. The number of halogens is 1. The highest BCUT2D eigenvalue weighted by atomic mass is 35.5. The maximum atomic E-state index is 9.12. The van der Waals surface area contributed by atoms with Crippen LogP contribution in [-0.2, 0) is 19.9 Å². The smallest absolute Gasteiger partial charge is 0.143 e.